The predicted octanol–water partition coefficient (Wildman–Crippen LogP) is 2.08. The fourth-order valence-corrected chi connectivity index (χ4v) is 2.90. The summed E-state index contributed by atoms with van der Waals surface area (Å²) in [7, 11) is 0. The lowest BCUT2D eigenvalue weighted by Gasteiger charge is -2.08. The monoisotopic (exact) mass is 313 g/mol. The number of hydrogen-bond acceptors (Lipinski definition) is 4. The maximum atomic E-state index is 12.4. The van der Waals surface area contributed by atoms with Gasteiger partial charge in [-0.15, -0.1) is 11.3 Å². The highest BCUT2D eigenvalue weighted by atomic mass is 32.1. The number of aromatic nitrogens is 2. The minimum absolute atomic E-state index is 0.0267. The Balaban J connectivity index is 1.78. The molecular formula is C16H15N3O2S. The van der Waals surface area contributed by atoms with Crippen LogP contribution in [-0.4, -0.2) is 15.5 Å². The van der Waals surface area contributed by atoms with Crippen LogP contribution in [0, 0.1) is 6.92 Å². The van der Waals surface area contributed by atoms with E-state index in [1.165, 1.54) is 10.9 Å². The molecule has 0 aliphatic carbocycles. The number of thiophene rings is 1. The van der Waals surface area contributed by atoms with E-state index in [9.17, 15) is 9.59 Å². The molecule has 3 aromatic rings. The molecule has 112 valence electrons. The third-order valence-electron chi connectivity index (χ3n) is 3.41. The van der Waals surface area contributed by atoms with Crippen LogP contribution < -0.4 is 10.9 Å². The molecule has 1 amide bonds. The average molecular weight is 313 g/mol. The molecule has 0 radical (unpaired) electrons. The van der Waals surface area contributed by atoms with E-state index in [-0.39, 0.29) is 18.0 Å². The zero-order chi connectivity index (χ0) is 15.5. The van der Waals surface area contributed by atoms with Crippen LogP contribution in [0.2, 0.25) is 0 Å². The number of fused-ring (bicyclic) bond motifs is 1. The van der Waals surface area contributed by atoms with Gasteiger partial charge in [0, 0.05) is 4.88 Å². The largest absolute Gasteiger partial charge is 0.350 e. The van der Waals surface area contributed by atoms with E-state index < -0.39 is 0 Å². The molecule has 2 heterocycles. The molecule has 6 heteroatoms. The third kappa shape index (κ3) is 2.92. The number of carbonyl (C=O) groups is 1. The van der Waals surface area contributed by atoms with Gasteiger partial charge in [-0.05, 0) is 30.0 Å². The van der Waals surface area contributed by atoms with Crippen LogP contribution in [0.5, 0.6) is 0 Å². The summed E-state index contributed by atoms with van der Waals surface area (Å²) in [5, 5.41) is 5.30. The van der Waals surface area contributed by atoms with Gasteiger partial charge in [0.05, 0.1) is 23.8 Å². The van der Waals surface area contributed by atoms with Gasteiger partial charge in [-0.3, -0.25) is 14.2 Å². The zero-order valence-electron chi connectivity index (χ0n) is 12.1. The van der Waals surface area contributed by atoms with Crippen LogP contribution in [0.3, 0.4) is 0 Å². The van der Waals surface area contributed by atoms with E-state index in [1.54, 1.807) is 17.4 Å². The van der Waals surface area contributed by atoms with Crippen molar-refractivity contribution in [2.24, 2.45) is 0 Å². The first-order valence-corrected chi connectivity index (χ1v) is 7.77. The average Bonchev–Trinajstić information content (AvgIpc) is 3.02. The zero-order valence-corrected chi connectivity index (χ0v) is 12.9. The Morgan fingerprint density at radius 2 is 2.18 bits per heavy atom. The second-order valence-corrected chi connectivity index (χ2v) is 6.04. The highest BCUT2D eigenvalue weighted by molar-refractivity contribution is 7.09. The van der Waals surface area contributed by atoms with Crippen molar-refractivity contribution in [3.63, 3.8) is 0 Å². The van der Waals surface area contributed by atoms with Gasteiger partial charge < -0.3 is 5.32 Å². The maximum absolute atomic E-state index is 12.4. The molecule has 1 N–H and O–H groups in total. The summed E-state index contributed by atoms with van der Waals surface area (Å²) in [6.07, 6.45) is 1.43. The fourth-order valence-electron chi connectivity index (χ4n) is 2.26. The van der Waals surface area contributed by atoms with E-state index >= 15 is 0 Å². The number of nitrogens with zero attached hydrogens (tertiary/aromatic N) is 2. The lowest BCUT2D eigenvalue weighted by molar-refractivity contribution is -0.121. The van der Waals surface area contributed by atoms with Gasteiger partial charge in [0.2, 0.25) is 5.91 Å². The van der Waals surface area contributed by atoms with Crippen LogP contribution in [0.15, 0.2) is 46.8 Å². The van der Waals surface area contributed by atoms with Crippen LogP contribution in [-0.2, 0) is 17.9 Å². The van der Waals surface area contributed by atoms with Gasteiger partial charge in [0.15, 0.2) is 0 Å². The molecule has 0 saturated carbocycles. The molecule has 3 rings (SSSR count). The van der Waals surface area contributed by atoms with Crippen molar-refractivity contribution in [2.75, 3.05) is 0 Å². The summed E-state index contributed by atoms with van der Waals surface area (Å²) in [4.78, 5) is 29.7. The molecule has 0 atom stereocenters. The van der Waals surface area contributed by atoms with Crippen molar-refractivity contribution in [1.82, 2.24) is 14.9 Å². The Labute approximate surface area is 131 Å². The van der Waals surface area contributed by atoms with E-state index in [0.717, 1.165) is 10.4 Å². The Bertz CT molecular complexity index is 869. The first-order valence-electron chi connectivity index (χ1n) is 6.89. The summed E-state index contributed by atoms with van der Waals surface area (Å²) in [6.45, 7) is 2.36. The van der Waals surface area contributed by atoms with Crippen molar-refractivity contribution in [2.45, 2.75) is 20.0 Å². The van der Waals surface area contributed by atoms with Crippen molar-refractivity contribution in [1.29, 1.82) is 0 Å². The highest BCUT2D eigenvalue weighted by Crippen LogP contribution is 2.11. The fraction of sp³-hybridized carbons (Fsp3) is 0.188. The Morgan fingerprint density at radius 3 is 2.95 bits per heavy atom. The van der Waals surface area contributed by atoms with Crippen LogP contribution in [0.25, 0.3) is 10.9 Å². The van der Waals surface area contributed by atoms with Gasteiger partial charge in [-0.2, -0.15) is 0 Å². The number of rotatable bonds is 4. The summed E-state index contributed by atoms with van der Waals surface area (Å²) < 4.78 is 1.34. The van der Waals surface area contributed by atoms with Gasteiger partial charge in [-0.1, -0.05) is 18.2 Å². The molecule has 0 fully saturated rings. The van der Waals surface area contributed by atoms with Gasteiger partial charge in [0.1, 0.15) is 6.54 Å². The van der Waals surface area contributed by atoms with E-state index in [1.807, 2.05) is 36.6 Å². The van der Waals surface area contributed by atoms with Gasteiger partial charge in [-0.25, -0.2) is 4.98 Å². The molecule has 2 aromatic heterocycles. The molecule has 0 saturated heterocycles. The summed E-state index contributed by atoms with van der Waals surface area (Å²) in [5.74, 6) is -0.204. The number of carbonyl (C=O) groups excluding carboxylic acids is 1. The second kappa shape index (κ2) is 6.11. The molecule has 0 spiro atoms. The molecular weight excluding hydrogens is 298 g/mol. The van der Waals surface area contributed by atoms with E-state index in [0.29, 0.717) is 17.4 Å². The summed E-state index contributed by atoms with van der Waals surface area (Å²) in [6, 6.07) is 9.36. The van der Waals surface area contributed by atoms with Gasteiger partial charge in [0.25, 0.3) is 5.56 Å². The molecule has 1 aromatic carbocycles. The highest BCUT2D eigenvalue weighted by Gasteiger charge is 2.09. The minimum Gasteiger partial charge on any atom is -0.350 e. The number of hydrogen-bond donors (Lipinski definition) is 1. The van der Waals surface area contributed by atoms with E-state index in [2.05, 4.69) is 10.3 Å². The molecule has 22 heavy (non-hydrogen) atoms. The van der Waals surface area contributed by atoms with Crippen molar-refractivity contribution in [3.05, 3.63) is 62.8 Å². The Hall–Kier alpha value is -2.47. The normalized spacial score (nSPS) is 10.8. The van der Waals surface area contributed by atoms with Crippen LogP contribution >= 0.6 is 11.3 Å². The van der Waals surface area contributed by atoms with Crippen molar-refractivity contribution in [3.8, 4) is 0 Å². The lowest BCUT2D eigenvalue weighted by atomic mass is 10.1. The van der Waals surface area contributed by atoms with Crippen molar-refractivity contribution >= 4 is 28.1 Å². The first kappa shape index (κ1) is 14.5. The number of amides is 1. The molecule has 0 bridgehead atoms. The molecule has 0 aliphatic heterocycles. The Morgan fingerprint density at radius 1 is 1.32 bits per heavy atom. The van der Waals surface area contributed by atoms with Crippen molar-refractivity contribution < 1.29 is 4.79 Å². The smallest absolute Gasteiger partial charge is 0.261 e. The summed E-state index contributed by atoms with van der Waals surface area (Å²) >= 11 is 1.58. The number of nitrogens with one attached hydrogen (secondary N) is 1. The number of para-hydroxylation sites is 1. The SMILES string of the molecule is Cc1cccc2c(=O)n(CC(=O)NCc3cccs3)cnc12. The molecule has 0 unspecified atom stereocenters. The summed E-state index contributed by atoms with van der Waals surface area (Å²) in [5.41, 5.74) is 1.44. The topological polar surface area (TPSA) is 64.0 Å². The second-order valence-electron chi connectivity index (χ2n) is 5.00. The maximum Gasteiger partial charge on any atom is 0.261 e. The molecule has 0 aliphatic rings. The Kier molecular flexibility index (Phi) is 4.02. The predicted molar refractivity (Wildman–Crippen MR) is 86.9 cm³/mol. The molecule has 5 nitrogen and oxygen atoms in total. The first-order chi connectivity index (χ1) is 10.6. The standard InChI is InChI=1S/C16H15N3O2S/c1-11-4-2-6-13-15(11)18-10-19(16(13)21)9-14(20)17-8-12-5-3-7-22-12/h2-7,10H,8-9H2,1H3,(H,17,20). The van der Waals surface area contributed by atoms with Crippen LogP contribution in [0.1, 0.15) is 10.4 Å². The lowest BCUT2D eigenvalue weighted by Crippen LogP contribution is -2.32. The third-order valence-corrected chi connectivity index (χ3v) is 4.29. The number of aryl methyl sites for hydroxylation is 1. The van der Waals surface area contributed by atoms with Gasteiger partial charge >= 0.3 is 0 Å². The minimum atomic E-state index is -0.204. The number of benzene rings is 1. The van der Waals surface area contributed by atoms with E-state index in [4.69, 9.17) is 0 Å². The quantitative estimate of drug-likeness (QED) is 0.802. The van der Waals surface area contributed by atoms with Crippen LogP contribution in [0.4, 0.5) is 0 Å².